The van der Waals surface area contributed by atoms with Crippen LogP contribution in [-0.2, 0) is 9.59 Å². The number of nitriles is 2. The highest BCUT2D eigenvalue weighted by atomic mass is 16.2. The van der Waals surface area contributed by atoms with Gasteiger partial charge in [-0.3, -0.25) is 9.59 Å². The summed E-state index contributed by atoms with van der Waals surface area (Å²) in [6, 6.07) is 3.80. The first-order chi connectivity index (χ1) is 8.65. The molecule has 6 heteroatoms. The van der Waals surface area contributed by atoms with Crippen molar-refractivity contribution in [2.75, 3.05) is 0 Å². The molecule has 0 bridgehead atoms. The molecule has 18 heavy (non-hydrogen) atoms. The molecule has 1 aliphatic carbocycles. The fourth-order valence-electron chi connectivity index (χ4n) is 2.08. The fraction of sp³-hybridized carbons (Fsp3) is 0.667. The Morgan fingerprint density at radius 2 is 1.22 bits per heavy atom. The van der Waals surface area contributed by atoms with Crippen LogP contribution in [0.1, 0.15) is 38.5 Å². The molecule has 1 fully saturated rings. The van der Waals surface area contributed by atoms with E-state index in [1.807, 2.05) is 0 Å². The molecule has 0 saturated heterocycles. The van der Waals surface area contributed by atoms with E-state index in [-0.39, 0.29) is 36.7 Å². The smallest absolute Gasteiger partial charge is 0.234 e. The fourth-order valence-corrected chi connectivity index (χ4v) is 2.08. The molecule has 0 radical (unpaired) electrons. The molecule has 0 aromatic carbocycles. The third-order valence-corrected chi connectivity index (χ3v) is 2.94. The molecule has 96 valence electrons. The monoisotopic (exact) mass is 248 g/mol. The van der Waals surface area contributed by atoms with E-state index in [1.165, 1.54) is 0 Å². The lowest BCUT2D eigenvalue weighted by Gasteiger charge is -2.29. The summed E-state index contributed by atoms with van der Waals surface area (Å²) in [5, 5.41) is 22.3. The van der Waals surface area contributed by atoms with Gasteiger partial charge in [0.25, 0.3) is 0 Å². The molecule has 0 aromatic rings. The van der Waals surface area contributed by atoms with Crippen molar-refractivity contribution >= 4 is 11.8 Å². The van der Waals surface area contributed by atoms with Gasteiger partial charge < -0.3 is 10.6 Å². The lowest BCUT2D eigenvalue weighted by Crippen LogP contribution is -2.43. The Hall–Kier alpha value is -2.08. The molecule has 0 unspecified atom stereocenters. The standard InChI is InChI=1S/C12H16N4O2/c13-7-5-11(17)15-9-1-2-10(4-3-9)16-12(18)6-8-14/h9-10H,1-6H2,(H,15,17)(H,16,18). The second kappa shape index (κ2) is 7.29. The predicted octanol–water partition coefficient (Wildman–Crippen LogP) is 0.357. The van der Waals surface area contributed by atoms with Crippen molar-refractivity contribution < 1.29 is 9.59 Å². The average Bonchev–Trinajstić information content (AvgIpc) is 2.32. The summed E-state index contributed by atoms with van der Waals surface area (Å²) in [4.78, 5) is 22.4. The van der Waals surface area contributed by atoms with Crippen molar-refractivity contribution in [2.45, 2.75) is 50.6 Å². The lowest BCUT2D eigenvalue weighted by molar-refractivity contribution is -0.122. The number of carbonyl (C=O) groups is 2. The molecule has 2 amide bonds. The number of rotatable bonds is 4. The van der Waals surface area contributed by atoms with Crippen molar-refractivity contribution in [2.24, 2.45) is 0 Å². The first-order valence-electron chi connectivity index (χ1n) is 5.98. The van der Waals surface area contributed by atoms with E-state index in [1.54, 1.807) is 12.1 Å². The maximum Gasteiger partial charge on any atom is 0.234 e. The van der Waals surface area contributed by atoms with Crippen molar-refractivity contribution in [1.29, 1.82) is 10.5 Å². The van der Waals surface area contributed by atoms with Gasteiger partial charge in [-0.1, -0.05) is 0 Å². The van der Waals surface area contributed by atoms with E-state index in [9.17, 15) is 9.59 Å². The molecule has 0 aliphatic heterocycles. The first kappa shape index (κ1) is 14.0. The summed E-state index contributed by atoms with van der Waals surface area (Å²) in [5.41, 5.74) is 0. The third kappa shape index (κ3) is 4.84. The van der Waals surface area contributed by atoms with Gasteiger partial charge >= 0.3 is 0 Å². The molecule has 1 rings (SSSR count). The van der Waals surface area contributed by atoms with Gasteiger partial charge in [-0.15, -0.1) is 0 Å². The number of nitrogens with one attached hydrogen (secondary N) is 2. The van der Waals surface area contributed by atoms with E-state index >= 15 is 0 Å². The van der Waals surface area contributed by atoms with Gasteiger partial charge in [0.15, 0.2) is 0 Å². The van der Waals surface area contributed by atoms with Crippen molar-refractivity contribution in [1.82, 2.24) is 10.6 Å². The van der Waals surface area contributed by atoms with E-state index in [0.29, 0.717) is 0 Å². The van der Waals surface area contributed by atoms with E-state index < -0.39 is 0 Å². The Balaban J connectivity index is 2.25. The maximum atomic E-state index is 11.2. The Bertz CT molecular complexity index is 348. The van der Waals surface area contributed by atoms with Crippen LogP contribution in [0, 0.1) is 22.7 Å². The van der Waals surface area contributed by atoms with Crippen molar-refractivity contribution in [3.8, 4) is 12.1 Å². The predicted molar refractivity (Wildman–Crippen MR) is 62.8 cm³/mol. The van der Waals surface area contributed by atoms with Crippen LogP contribution in [0.2, 0.25) is 0 Å². The Kier molecular flexibility index (Phi) is 5.66. The minimum Gasteiger partial charge on any atom is -0.352 e. The van der Waals surface area contributed by atoms with Gasteiger partial charge in [0.1, 0.15) is 12.8 Å². The summed E-state index contributed by atoms with van der Waals surface area (Å²) in [5.74, 6) is -0.482. The van der Waals surface area contributed by atoms with Crippen LogP contribution in [-0.4, -0.2) is 23.9 Å². The SMILES string of the molecule is N#CCC(=O)NC1CCC(NC(=O)CC#N)CC1. The molecule has 0 heterocycles. The molecule has 1 aliphatic rings. The van der Waals surface area contributed by atoms with Gasteiger partial charge in [-0.05, 0) is 25.7 Å². The lowest BCUT2D eigenvalue weighted by atomic mass is 9.91. The molecule has 0 aromatic heterocycles. The minimum atomic E-state index is -0.241. The second-order valence-electron chi connectivity index (χ2n) is 4.35. The number of hydrogen-bond acceptors (Lipinski definition) is 4. The van der Waals surface area contributed by atoms with Crippen LogP contribution in [0.25, 0.3) is 0 Å². The van der Waals surface area contributed by atoms with E-state index in [2.05, 4.69) is 10.6 Å². The molecular weight excluding hydrogens is 232 g/mol. The summed E-state index contributed by atoms with van der Waals surface area (Å²) in [6.07, 6.45) is 2.92. The third-order valence-electron chi connectivity index (χ3n) is 2.94. The van der Waals surface area contributed by atoms with Crippen LogP contribution in [0.15, 0.2) is 0 Å². The number of carbonyl (C=O) groups excluding carboxylic acids is 2. The molecule has 0 atom stereocenters. The zero-order valence-corrected chi connectivity index (χ0v) is 10.1. The van der Waals surface area contributed by atoms with Crippen molar-refractivity contribution in [3.63, 3.8) is 0 Å². The van der Waals surface area contributed by atoms with Crippen molar-refractivity contribution in [3.05, 3.63) is 0 Å². The zero-order valence-electron chi connectivity index (χ0n) is 10.1. The molecule has 0 spiro atoms. The maximum absolute atomic E-state index is 11.2. The van der Waals surface area contributed by atoms with E-state index in [4.69, 9.17) is 10.5 Å². The Labute approximate surface area is 106 Å². The Morgan fingerprint density at radius 3 is 1.50 bits per heavy atom. The highest BCUT2D eigenvalue weighted by Gasteiger charge is 2.23. The zero-order chi connectivity index (χ0) is 13.4. The highest BCUT2D eigenvalue weighted by Crippen LogP contribution is 2.18. The highest BCUT2D eigenvalue weighted by molar-refractivity contribution is 5.78. The van der Waals surface area contributed by atoms with Gasteiger partial charge in [-0.2, -0.15) is 10.5 Å². The molecular formula is C12H16N4O2. The van der Waals surface area contributed by atoms with E-state index in [0.717, 1.165) is 25.7 Å². The van der Waals surface area contributed by atoms with Gasteiger partial charge in [0.05, 0.1) is 12.1 Å². The van der Waals surface area contributed by atoms with Crippen LogP contribution in [0.4, 0.5) is 0 Å². The normalized spacial score (nSPS) is 22.3. The van der Waals surface area contributed by atoms with Crippen LogP contribution in [0.5, 0.6) is 0 Å². The topological polar surface area (TPSA) is 106 Å². The summed E-state index contributed by atoms with van der Waals surface area (Å²) >= 11 is 0. The van der Waals surface area contributed by atoms with Crippen LogP contribution < -0.4 is 10.6 Å². The molecule has 2 N–H and O–H groups in total. The van der Waals surface area contributed by atoms with Gasteiger partial charge in [-0.25, -0.2) is 0 Å². The minimum absolute atomic E-state index is 0.0926. The molecule has 1 saturated carbocycles. The largest absolute Gasteiger partial charge is 0.352 e. The average molecular weight is 248 g/mol. The van der Waals surface area contributed by atoms with Gasteiger partial charge in [0, 0.05) is 12.1 Å². The quantitative estimate of drug-likeness (QED) is 0.749. The number of hydrogen-bond donors (Lipinski definition) is 2. The summed E-state index contributed by atoms with van der Waals surface area (Å²) < 4.78 is 0. The summed E-state index contributed by atoms with van der Waals surface area (Å²) in [7, 11) is 0. The number of nitrogens with zero attached hydrogens (tertiary/aromatic N) is 2. The number of amides is 2. The van der Waals surface area contributed by atoms with Crippen LogP contribution in [0.3, 0.4) is 0 Å². The molecule has 6 nitrogen and oxygen atoms in total. The second-order valence-corrected chi connectivity index (χ2v) is 4.35. The summed E-state index contributed by atoms with van der Waals surface area (Å²) in [6.45, 7) is 0. The van der Waals surface area contributed by atoms with Crippen LogP contribution >= 0.6 is 0 Å². The van der Waals surface area contributed by atoms with Gasteiger partial charge in [0.2, 0.25) is 11.8 Å². The Morgan fingerprint density at radius 1 is 0.889 bits per heavy atom. The first-order valence-corrected chi connectivity index (χ1v) is 5.98.